The molecule has 0 spiro atoms. The van der Waals surface area contributed by atoms with Gasteiger partial charge in [0, 0.05) is 18.2 Å². The molecule has 1 aromatic carbocycles. The minimum atomic E-state index is -3.27. The van der Waals surface area contributed by atoms with E-state index in [-0.39, 0.29) is 23.7 Å². The first-order valence-electron chi connectivity index (χ1n) is 5.33. The number of ether oxygens (including phenoxy) is 1. The Morgan fingerprint density at radius 2 is 1.72 bits per heavy atom. The van der Waals surface area contributed by atoms with E-state index in [9.17, 15) is 18.0 Å². The zero-order chi connectivity index (χ0) is 13.8. The van der Waals surface area contributed by atoms with Crippen molar-refractivity contribution in [3.8, 4) is 0 Å². The highest BCUT2D eigenvalue weighted by Gasteiger charge is 2.11. The molecule has 98 valence electrons. The molecule has 0 radical (unpaired) electrons. The summed E-state index contributed by atoms with van der Waals surface area (Å²) in [5.74, 6) is -0.812. The van der Waals surface area contributed by atoms with E-state index in [1.54, 1.807) is 6.92 Å². The van der Waals surface area contributed by atoms with Crippen LogP contribution in [0.25, 0.3) is 0 Å². The molecule has 0 fully saturated rings. The van der Waals surface area contributed by atoms with E-state index in [4.69, 9.17) is 4.74 Å². The quantitative estimate of drug-likeness (QED) is 0.594. The van der Waals surface area contributed by atoms with Gasteiger partial charge in [0.2, 0.25) is 0 Å². The maximum atomic E-state index is 11.6. The highest BCUT2D eigenvalue weighted by atomic mass is 32.2. The van der Waals surface area contributed by atoms with E-state index >= 15 is 0 Å². The van der Waals surface area contributed by atoms with Gasteiger partial charge in [-0.25, -0.2) is 8.42 Å². The van der Waals surface area contributed by atoms with E-state index in [2.05, 4.69) is 0 Å². The van der Waals surface area contributed by atoms with Crippen molar-refractivity contribution < 1.29 is 22.7 Å². The van der Waals surface area contributed by atoms with Crippen molar-refractivity contribution in [2.45, 2.75) is 18.2 Å². The molecular formula is C12H14O5S. The summed E-state index contributed by atoms with van der Waals surface area (Å²) in [5.41, 5.74) is 0.311. The van der Waals surface area contributed by atoms with Gasteiger partial charge in [0.1, 0.15) is 0 Å². The molecule has 0 N–H and O–H groups in total. The summed E-state index contributed by atoms with van der Waals surface area (Å²) in [6.07, 6.45) is 1.30. The standard InChI is InChI=1S/C12H14O5S/c1-3-12(14)17-8-11(13)9-4-6-10(7-5-9)18(2,15)16/h4-7H,3,8H2,1-2H3. The maximum absolute atomic E-state index is 11.6. The van der Waals surface area contributed by atoms with Gasteiger partial charge in [0.15, 0.2) is 22.2 Å². The van der Waals surface area contributed by atoms with Gasteiger partial charge in [-0.05, 0) is 24.3 Å². The summed E-state index contributed by atoms with van der Waals surface area (Å²) in [6.45, 7) is 1.30. The van der Waals surface area contributed by atoms with Crippen LogP contribution in [0, 0.1) is 0 Å². The van der Waals surface area contributed by atoms with Crippen molar-refractivity contribution in [2.75, 3.05) is 12.9 Å². The number of Topliss-reactive ketones (excluding diaryl/α,β-unsaturated/α-hetero) is 1. The smallest absolute Gasteiger partial charge is 0.305 e. The molecule has 18 heavy (non-hydrogen) atoms. The number of ketones is 1. The minimum Gasteiger partial charge on any atom is -0.457 e. The monoisotopic (exact) mass is 270 g/mol. The van der Waals surface area contributed by atoms with Crippen molar-refractivity contribution in [1.29, 1.82) is 0 Å². The van der Waals surface area contributed by atoms with Crippen molar-refractivity contribution >= 4 is 21.6 Å². The van der Waals surface area contributed by atoms with E-state index < -0.39 is 15.8 Å². The van der Waals surface area contributed by atoms with Crippen molar-refractivity contribution in [3.05, 3.63) is 29.8 Å². The molecule has 6 heteroatoms. The van der Waals surface area contributed by atoms with Gasteiger partial charge in [-0.1, -0.05) is 6.92 Å². The molecule has 0 aliphatic rings. The van der Waals surface area contributed by atoms with Gasteiger partial charge in [0.05, 0.1) is 4.90 Å². The van der Waals surface area contributed by atoms with E-state index in [0.29, 0.717) is 5.56 Å². The van der Waals surface area contributed by atoms with Crippen LogP contribution in [0.15, 0.2) is 29.2 Å². The average Bonchev–Trinajstić information content (AvgIpc) is 2.34. The lowest BCUT2D eigenvalue weighted by atomic mass is 10.1. The van der Waals surface area contributed by atoms with Crippen LogP contribution in [-0.4, -0.2) is 33.0 Å². The third kappa shape index (κ3) is 3.96. The van der Waals surface area contributed by atoms with Crippen LogP contribution in [0.2, 0.25) is 0 Å². The van der Waals surface area contributed by atoms with Crippen LogP contribution in [0.1, 0.15) is 23.7 Å². The van der Waals surface area contributed by atoms with Crippen LogP contribution >= 0.6 is 0 Å². The first-order chi connectivity index (χ1) is 8.34. The van der Waals surface area contributed by atoms with Gasteiger partial charge < -0.3 is 4.74 Å². The van der Waals surface area contributed by atoms with Gasteiger partial charge in [-0.2, -0.15) is 0 Å². The predicted octanol–water partition coefficient (Wildman–Crippen LogP) is 1.23. The molecular weight excluding hydrogens is 256 g/mol. The van der Waals surface area contributed by atoms with E-state index in [0.717, 1.165) is 6.26 Å². The number of carbonyl (C=O) groups excluding carboxylic acids is 2. The first-order valence-corrected chi connectivity index (χ1v) is 7.22. The van der Waals surface area contributed by atoms with Crippen LogP contribution < -0.4 is 0 Å². The average molecular weight is 270 g/mol. The lowest BCUT2D eigenvalue weighted by molar-refractivity contribution is -0.142. The Morgan fingerprint density at radius 3 is 2.17 bits per heavy atom. The number of carbonyl (C=O) groups is 2. The summed E-state index contributed by atoms with van der Waals surface area (Å²) in [7, 11) is -3.27. The summed E-state index contributed by atoms with van der Waals surface area (Å²) in [5, 5.41) is 0. The molecule has 1 aromatic rings. The van der Waals surface area contributed by atoms with Crippen molar-refractivity contribution in [1.82, 2.24) is 0 Å². The van der Waals surface area contributed by atoms with Crippen LogP contribution in [0.5, 0.6) is 0 Å². The third-order valence-corrected chi connectivity index (χ3v) is 3.39. The lowest BCUT2D eigenvalue weighted by Crippen LogP contribution is -2.13. The molecule has 0 saturated carbocycles. The maximum Gasteiger partial charge on any atom is 0.305 e. The molecule has 5 nitrogen and oxygen atoms in total. The molecule has 0 amide bonds. The topological polar surface area (TPSA) is 77.5 Å². The summed E-state index contributed by atoms with van der Waals surface area (Å²) in [4.78, 5) is 22.6. The Labute approximate surface area is 106 Å². The Kier molecular flexibility index (Phi) is 4.61. The lowest BCUT2D eigenvalue weighted by Gasteiger charge is -2.03. The van der Waals surface area contributed by atoms with Crippen LogP contribution in [-0.2, 0) is 19.4 Å². The fourth-order valence-electron chi connectivity index (χ4n) is 1.22. The largest absolute Gasteiger partial charge is 0.457 e. The molecule has 0 heterocycles. The first kappa shape index (κ1) is 14.4. The SMILES string of the molecule is CCC(=O)OCC(=O)c1ccc(S(C)(=O)=O)cc1. The van der Waals surface area contributed by atoms with Gasteiger partial charge >= 0.3 is 5.97 Å². The molecule has 0 aliphatic heterocycles. The second kappa shape index (κ2) is 5.77. The number of hydrogen-bond donors (Lipinski definition) is 0. The van der Waals surface area contributed by atoms with Crippen LogP contribution in [0.3, 0.4) is 0 Å². The fraction of sp³-hybridized carbons (Fsp3) is 0.333. The summed E-state index contributed by atoms with van der Waals surface area (Å²) >= 11 is 0. The zero-order valence-electron chi connectivity index (χ0n) is 10.2. The highest BCUT2D eigenvalue weighted by Crippen LogP contribution is 2.10. The number of rotatable bonds is 5. The number of sulfone groups is 1. The molecule has 0 saturated heterocycles. The molecule has 0 bridgehead atoms. The van der Waals surface area contributed by atoms with E-state index in [1.165, 1.54) is 24.3 Å². The Balaban J connectivity index is 2.74. The molecule has 0 aliphatic carbocycles. The third-order valence-electron chi connectivity index (χ3n) is 2.26. The Hall–Kier alpha value is -1.69. The summed E-state index contributed by atoms with van der Waals surface area (Å²) in [6, 6.07) is 5.51. The normalized spacial score (nSPS) is 11.0. The molecule has 0 aromatic heterocycles. The Bertz CT molecular complexity index is 542. The second-order valence-corrected chi connectivity index (χ2v) is 5.75. The highest BCUT2D eigenvalue weighted by molar-refractivity contribution is 7.90. The van der Waals surface area contributed by atoms with Gasteiger partial charge in [-0.3, -0.25) is 9.59 Å². The molecule has 0 unspecified atom stereocenters. The fourth-order valence-corrected chi connectivity index (χ4v) is 1.85. The van der Waals surface area contributed by atoms with Gasteiger partial charge in [0.25, 0.3) is 0 Å². The molecule has 0 atom stereocenters. The molecule has 1 rings (SSSR count). The number of hydrogen-bond acceptors (Lipinski definition) is 5. The minimum absolute atomic E-state index is 0.143. The second-order valence-electron chi connectivity index (χ2n) is 3.73. The predicted molar refractivity (Wildman–Crippen MR) is 65.1 cm³/mol. The van der Waals surface area contributed by atoms with Crippen molar-refractivity contribution in [3.63, 3.8) is 0 Å². The Morgan fingerprint density at radius 1 is 1.17 bits per heavy atom. The van der Waals surface area contributed by atoms with Crippen LogP contribution in [0.4, 0.5) is 0 Å². The van der Waals surface area contributed by atoms with E-state index in [1.807, 2.05) is 0 Å². The number of esters is 1. The number of benzene rings is 1. The van der Waals surface area contributed by atoms with Gasteiger partial charge in [-0.15, -0.1) is 0 Å². The van der Waals surface area contributed by atoms with Crippen molar-refractivity contribution in [2.24, 2.45) is 0 Å². The summed E-state index contributed by atoms with van der Waals surface area (Å²) < 4.78 is 27.1. The zero-order valence-corrected chi connectivity index (χ0v) is 11.0.